The predicted octanol–water partition coefficient (Wildman–Crippen LogP) is 2.55. The van der Waals surface area contributed by atoms with Crippen LogP contribution in [-0.2, 0) is 6.54 Å². The fourth-order valence-corrected chi connectivity index (χ4v) is 3.82. The Labute approximate surface area is 147 Å². The summed E-state index contributed by atoms with van der Waals surface area (Å²) >= 11 is 0. The molecule has 4 rings (SSSR count). The van der Waals surface area contributed by atoms with E-state index in [-0.39, 0.29) is 12.5 Å². The quantitative estimate of drug-likeness (QED) is 0.749. The standard InChI is InChI=1S/C19H25N5O/c1-13(2)24-10-16(7-21-24)18-11-23(9-17(18)12-25)8-14-3-4-15-6-20-22-19(15)5-14/h3-7,10,13,17-18,25H,8-9,11-12H2,1-2H3,(H,20,22)/t17-,18-/m0/s1. The maximum Gasteiger partial charge on any atom is 0.0653 e. The SMILES string of the molecule is CC(C)n1cc([C@@H]2CN(Cc3ccc4cn[nH]c4c3)C[C@H]2CO)cn1. The van der Waals surface area contributed by atoms with Gasteiger partial charge in [0.15, 0.2) is 0 Å². The van der Waals surface area contributed by atoms with Gasteiger partial charge in [0.25, 0.3) is 0 Å². The van der Waals surface area contributed by atoms with Crippen LogP contribution < -0.4 is 0 Å². The minimum absolute atomic E-state index is 0.216. The van der Waals surface area contributed by atoms with Gasteiger partial charge in [-0.15, -0.1) is 0 Å². The van der Waals surface area contributed by atoms with Gasteiger partial charge in [0.1, 0.15) is 0 Å². The minimum Gasteiger partial charge on any atom is -0.396 e. The van der Waals surface area contributed by atoms with Gasteiger partial charge in [-0.3, -0.25) is 14.7 Å². The molecule has 0 radical (unpaired) electrons. The van der Waals surface area contributed by atoms with E-state index in [0.717, 1.165) is 30.5 Å². The number of likely N-dealkylation sites (tertiary alicyclic amines) is 1. The third kappa shape index (κ3) is 3.19. The molecule has 0 spiro atoms. The zero-order chi connectivity index (χ0) is 17.4. The molecular weight excluding hydrogens is 314 g/mol. The Bertz CT molecular complexity index is 852. The summed E-state index contributed by atoms with van der Waals surface area (Å²) in [4.78, 5) is 2.43. The predicted molar refractivity (Wildman–Crippen MR) is 97.3 cm³/mol. The summed E-state index contributed by atoms with van der Waals surface area (Å²) in [6.07, 6.45) is 5.95. The first-order chi connectivity index (χ1) is 12.1. The number of fused-ring (bicyclic) bond motifs is 1. The molecule has 3 heterocycles. The maximum absolute atomic E-state index is 9.84. The first kappa shape index (κ1) is 16.3. The minimum atomic E-state index is 0.216. The average Bonchev–Trinajstić information content (AvgIpc) is 3.33. The summed E-state index contributed by atoms with van der Waals surface area (Å²) in [6, 6.07) is 6.80. The van der Waals surface area contributed by atoms with Crippen LogP contribution in [0.25, 0.3) is 10.9 Å². The first-order valence-electron chi connectivity index (χ1n) is 8.93. The summed E-state index contributed by atoms with van der Waals surface area (Å²) in [5, 5.41) is 22.6. The van der Waals surface area contributed by atoms with E-state index in [4.69, 9.17) is 0 Å². The number of hydrogen-bond donors (Lipinski definition) is 2. The lowest BCUT2D eigenvalue weighted by atomic mass is 9.92. The molecule has 2 atom stereocenters. The molecule has 0 unspecified atom stereocenters. The highest BCUT2D eigenvalue weighted by Gasteiger charge is 2.34. The zero-order valence-corrected chi connectivity index (χ0v) is 14.8. The number of nitrogens with one attached hydrogen (secondary N) is 1. The van der Waals surface area contributed by atoms with Crippen molar-refractivity contribution >= 4 is 10.9 Å². The molecule has 1 aromatic carbocycles. The van der Waals surface area contributed by atoms with Crippen molar-refractivity contribution in [2.45, 2.75) is 32.4 Å². The van der Waals surface area contributed by atoms with Crippen molar-refractivity contribution in [2.24, 2.45) is 5.92 Å². The average molecular weight is 339 g/mol. The van der Waals surface area contributed by atoms with Crippen molar-refractivity contribution < 1.29 is 5.11 Å². The number of hydrogen-bond acceptors (Lipinski definition) is 4. The molecule has 2 N–H and O–H groups in total. The van der Waals surface area contributed by atoms with Crippen molar-refractivity contribution in [1.82, 2.24) is 24.9 Å². The molecule has 6 nitrogen and oxygen atoms in total. The van der Waals surface area contributed by atoms with Crippen molar-refractivity contribution in [3.63, 3.8) is 0 Å². The zero-order valence-electron chi connectivity index (χ0n) is 14.8. The van der Waals surface area contributed by atoms with Crippen molar-refractivity contribution in [3.05, 3.63) is 47.9 Å². The van der Waals surface area contributed by atoms with Gasteiger partial charge in [0, 0.05) is 55.7 Å². The Morgan fingerprint density at radius 2 is 2.16 bits per heavy atom. The van der Waals surface area contributed by atoms with Gasteiger partial charge in [0.05, 0.1) is 17.9 Å². The van der Waals surface area contributed by atoms with Gasteiger partial charge in [-0.25, -0.2) is 0 Å². The van der Waals surface area contributed by atoms with Gasteiger partial charge in [-0.2, -0.15) is 10.2 Å². The lowest BCUT2D eigenvalue weighted by molar-refractivity contribution is 0.214. The van der Waals surface area contributed by atoms with Crippen LogP contribution in [-0.4, -0.2) is 49.7 Å². The van der Waals surface area contributed by atoms with Crippen LogP contribution >= 0.6 is 0 Å². The Morgan fingerprint density at radius 3 is 2.92 bits per heavy atom. The molecule has 132 valence electrons. The molecule has 1 aliphatic rings. The van der Waals surface area contributed by atoms with E-state index in [1.54, 1.807) is 0 Å². The number of H-pyrrole nitrogens is 1. The van der Waals surface area contributed by atoms with Crippen molar-refractivity contribution in [3.8, 4) is 0 Å². The Balaban J connectivity index is 1.50. The normalized spacial score (nSPS) is 21.6. The molecule has 2 aromatic heterocycles. The molecule has 1 saturated heterocycles. The van der Waals surface area contributed by atoms with Crippen LogP contribution in [0.2, 0.25) is 0 Å². The van der Waals surface area contributed by atoms with E-state index in [9.17, 15) is 5.11 Å². The summed E-state index contributed by atoms with van der Waals surface area (Å²) in [6.45, 7) is 7.23. The molecule has 1 aliphatic heterocycles. The lowest BCUT2D eigenvalue weighted by Gasteiger charge is -2.15. The van der Waals surface area contributed by atoms with Crippen LogP contribution in [0.5, 0.6) is 0 Å². The molecule has 3 aromatic rings. The third-order valence-corrected chi connectivity index (χ3v) is 5.24. The number of benzene rings is 1. The second-order valence-corrected chi connectivity index (χ2v) is 7.38. The number of aliphatic hydroxyl groups excluding tert-OH is 1. The summed E-state index contributed by atoms with van der Waals surface area (Å²) in [7, 11) is 0. The van der Waals surface area contributed by atoms with Gasteiger partial charge >= 0.3 is 0 Å². The summed E-state index contributed by atoms with van der Waals surface area (Å²) in [5.74, 6) is 0.606. The highest BCUT2D eigenvalue weighted by molar-refractivity contribution is 5.78. The van der Waals surface area contributed by atoms with Crippen LogP contribution in [0.4, 0.5) is 0 Å². The largest absolute Gasteiger partial charge is 0.396 e. The number of aliphatic hydroxyl groups is 1. The maximum atomic E-state index is 9.84. The molecule has 1 fully saturated rings. The Morgan fingerprint density at radius 1 is 1.28 bits per heavy atom. The Kier molecular flexibility index (Phi) is 4.31. The van der Waals surface area contributed by atoms with Gasteiger partial charge in [0.2, 0.25) is 0 Å². The van der Waals surface area contributed by atoms with Crippen LogP contribution in [0.1, 0.15) is 36.9 Å². The first-order valence-corrected chi connectivity index (χ1v) is 8.93. The molecular formula is C19H25N5O. The molecule has 25 heavy (non-hydrogen) atoms. The van der Waals surface area contributed by atoms with E-state index in [2.05, 4.69) is 58.4 Å². The molecule has 6 heteroatoms. The highest BCUT2D eigenvalue weighted by Crippen LogP contribution is 2.33. The van der Waals surface area contributed by atoms with E-state index < -0.39 is 0 Å². The topological polar surface area (TPSA) is 70.0 Å². The van der Waals surface area contributed by atoms with Gasteiger partial charge < -0.3 is 5.11 Å². The van der Waals surface area contributed by atoms with Crippen molar-refractivity contribution in [1.29, 1.82) is 0 Å². The fraction of sp³-hybridized carbons (Fsp3) is 0.474. The van der Waals surface area contributed by atoms with Crippen LogP contribution in [0, 0.1) is 5.92 Å². The van der Waals surface area contributed by atoms with E-state index in [1.165, 1.54) is 11.1 Å². The third-order valence-electron chi connectivity index (χ3n) is 5.24. The molecule has 0 amide bonds. The number of rotatable bonds is 5. The number of nitrogens with zero attached hydrogens (tertiary/aromatic N) is 4. The Hall–Kier alpha value is -2.18. The lowest BCUT2D eigenvalue weighted by Crippen LogP contribution is -2.20. The van der Waals surface area contributed by atoms with E-state index >= 15 is 0 Å². The van der Waals surface area contributed by atoms with Crippen molar-refractivity contribution in [2.75, 3.05) is 19.7 Å². The van der Waals surface area contributed by atoms with Gasteiger partial charge in [-0.1, -0.05) is 12.1 Å². The number of aromatic nitrogens is 4. The second kappa shape index (κ2) is 6.61. The van der Waals surface area contributed by atoms with E-state index in [0.29, 0.717) is 12.0 Å². The molecule has 0 bridgehead atoms. The fourth-order valence-electron chi connectivity index (χ4n) is 3.82. The monoisotopic (exact) mass is 339 g/mol. The van der Waals surface area contributed by atoms with Crippen LogP contribution in [0.3, 0.4) is 0 Å². The summed E-state index contributed by atoms with van der Waals surface area (Å²) in [5.41, 5.74) is 3.58. The molecule has 0 saturated carbocycles. The number of aromatic amines is 1. The highest BCUT2D eigenvalue weighted by atomic mass is 16.3. The smallest absolute Gasteiger partial charge is 0.0653 e. The van der Waals surface area contributed by atoms with Gasteiger partial charge in [-0.05, 0) is 31.0 Å². The van der Waals surface area contributed by atoms with Crippen LogP contribution in [0.15, 0.2) is 36.8 Å². The van der Waals surface area contributed by atoms with E-state index in [1.807, 2.05) is 17.1 Å². The molecule has 0 aliphatic carbocycles. The second-order valence-electron chi connectivity index (χ2n) is 7.38. The summed E-state index contributed by atoms with van der Waals surface area (Å²) < 4.78 is 2.00.